The van der Waals surface area contributed by atoms with Gasteiger partial charge in [-0.3, -0.25) is 9.89 Å². The van der Waals surface area contributed by atoms with Crippen molar-refractivity contribution in [2.45, 2.75) is 6.54 Å². The summed E-state index contributed by atoms with van der Waals surface area (Å²) in [6.07, 6.45) is 4.56. The maximum absolute atomic E-state index is 11.7. The Morgan fingerprint density at radius 3 is 3.05 bits per heavy atom. The number of amides is 1. The van der Waals surface area contributed by atoms with E-state index in [1.807, 2.05) is 24.3 Å². The van der Waals surface area contributed by atoms with Crippen LogP contribution in [0.25, 0.3) is 17.2 Å². The SMILES string of the molecule is O=C(/C=C/c1nc2ccccc2o1)NCc1[nH]ncc1Br. The molecule has 2 N–H and O–H groups in total. The molecule has 1 amide bonds. The van der Waals surface area contributed by atoms with Crippen LogP contribution >= 0.6 is 15.9 Å². The second-order valence-corrected chi connectivity index (χ2v) is 5.12. The molecule has 1 aromatic carbocycles. The summed E-state index contributed by atoms with van der Waals surface area (Å²) < 4.78 is 6.31. The molecule has 21 heavy (non-hydrogen) atoms. The fraction of sp³-hybridized carbons (Fsp3) is 0.0714. The molecule has 3 rings (SSSR count). The summed E-state index contributed by atoms with van der Waals surface area (Å²) in [6, 6.07) is 7.44. The monoisotopic (exact) mass is 346 g/mol. The molecule has 0 aliphatic heterocycles. The van der Waals surface area contributed by atoms with Crippen molar-refractivity contribution in [3.8, 4) is 0 Å². The molecule has 0 aliphatic rings. The predicted octanol–water partition coefficient (Wildman–Crippen LogP) is 2.64. The van der Waals surface area contributed by atoms with Crippen molar-refractivity contribution in [2.24, 2.45) is 0 Å². The molecule has 2 aromatic heterocycles. The number of H-pyrrole nitrogens is 1. The van der Waals surface area contributed by atoms with E-state index in [2.05, 4.69) is 36.4 Å². The van der Waals surface area contributed by atoms with Gasteiger partial charge in [-0.15, -0.1) is 0 Å². The van der Waals surface area contributed by atoms with E-state index in [0.717, 1.165) is 15.7 Å². The fourth-order valence-electron chi connectivity index (χ4n) is 1.76. The zero-order valence-electron chi connectivity index (χ0n) is 10.8. The molecule has 0 bridgehead atoms. The number of carbonyl (C=O) groups excluding carboxylic acids is 1. The molecule has 106 valence electrons. The lowest BCUT2D eigenvalue weighted by Crippen LogP contribution is -2.20. The highest BCUT2D eigenvalue weighted by atomic mass is 79.9. The van der Waals surface area contributed by atoms with Gasteiger partial charge < -0.3 is 9.73 Å². The summed E-state index contributed by atoms with van der Waals surface area (Å²) >= 11 is 3.32. The van der Waals surface area contributed by atoms with Crippen LogP contribution in [0.5, 0.6) is 0 Å². The summed E-state index contributed by atoms with van der Waals surface area (Å²) in [7, 11) is 0. The largest absolute Gasteiger partial charge is 0.437 e. The van der Waals surface area contributed by atoms with E-state index in [4.69, 9.17) is 4.42 Å². The normalized spacial score (nSPS) is 11.3. The number of aromatic nitrogens is 3. The molecule has 0 saturated heterocycles. The van der Waals surface area contributed by atoms with Crippen LogP contribution < -0.4 is 5.32 Å². The van der Waals surface area contributed by atoms with Crippen LogP contribution in [0.3, 0.4) is 0 Å². The van der Waals surface area contributed by atoms with Crippen molar-refractivity contribution in [1.29, 1.82) is 0 Å². The minimum absolute atomic E-state index is 0.237. The molecule has 0 fully saturated rings. The van der Waals surface area contributed by atoms with E-state index in [9.17, 15) is 4.79 Å². The van der Waals surface area contributed by atoms with Gasteiger partial charge in [0.05, 0.1) is 22.9 Å². The van der Waals surface area contributed by atoms with E-state index in [-0.39, 0.29) is 5.91 Å². The van der Waals surface area contributed by atoms with Crippen LogP contribution in [0, 0.1) is 0 Å². The molecule has 2 heterocycles. The summed E-state index contributed by atoms with van der Waals surface area (Å²) in [5.74, 6) is 0.160. The number of oxazole rings is 1. The van der Waals surface area contributed by atoms with Gasteiger partial charge in [-0.1, -0.05) is 12.1 Å². The Morgan fingerprint density at radius 2 is 2.29 bits per heavy atom. The Bertz CT molecular complexity index is 773. The number of aromatic amines is 1. The Balaban J connectivity index is 1.62. The maximum atomic E-state index is 11.7. The highest BCUT2D eigenvalue weighted by Gasteiger charge is 2.04. The highest BCUT2D eigenvalue weighted by molar-refractivity contribution is 9.10. The van der Waals surface area contributed by atoms with Gasteiger partial charge in [0.15, 0.2) is 5.58 Å². The number of para-hydroxylation sites is 2. The summed E-state index contributed by atoms with van der Waals surface area (Å²) in [5.41, 5.74) is 2.26. The van der Waals surface area contributed by atoms with E-state index < -0.39 is 0 Å². The first-order chi connectivity index (χ1) is 10.2. The molecule has 0 saturated carbocycles. The van der Waals surface area contributed by atoms with Gasteiger partial charge in [0.1, 0.15) is 5.52 Å². The third kappa shape index (κ3) is 3.19. The van der Waals surface area contributed by atoms with E-state index in [1.165, 1.54) is 12.2 Å². The van der Waals surface area contributed by atoms with Crippen LogP contribution in [0.15, 0.2) is 45.4 Å². The zero-order chi connectivity index (χ0) is 14.7. The average Bonchev–Trinajstić information content (AvgIpc) is 3.08. The molecule has 7 heteroatoms. The Hall–Kier alpha value is -2.41. The summed E-state index contributed by atoms with van der Waals surface area (Å²) in [5, 5.41) is 9.37. The van der Waals surface area contributed by atoms with E-state index in [0.29, 0.717) is 18.0 Å². The number of rotatable bonds is 4. The average molecular weight is 347 g/mol. The van der Waals surface area contributed by atoms with Gasteiger partial charge in [-0.25, -0.2) is 4.98 Å². The number of nitrogens with zero attached hydrogens (tertiary/aromatic N) is 2. The van der Waals surface area contributed by atoms with Crippen molar-refractivity contribution < 1.29 is 9.21 Å². The smallest absolute Gasteiger partial charge is 0.244 e. The van der Waals surface area contributed by atoms with Crippen molar-refractivity contribution in [3.63, 3.8) is 0 Å². The zero-order valence-corrected chi connectivity index (χ0v) is 12.4. The van der Waals surface area contributed by atoms with E-state index in [1.54, 1.807) is 6.20 Å². The van der Waals surface area contributed by atoms with Crippen LogP contribution in [0.4, 0.5) is 0 Å². The van der Waals surface area contributed by atoms with Crippen molar-refractivity contribution in [1.82, 2.24) is 20.5 Å². The predicted molar refractivity (Wildman–Crippen MR) is 81.2 cm³/mol. The van der Waals surface area contributed by atoms with Crippen molar-refractivity contribution >= 4 is 39.0 Å². The molecular formula is C14H11BrN4O2. The number of fused-ring (bicyclic) bond motifs is 1. The third-order valence-corrected chi connectivity index (χ3v) is 3.48. The maximum Gasteiger partial charge on any atom is 0.244 e. The molecule has 0 atom stereocenters. The number of benzene rings is 1. The minimum atomic E-state index is -0.237. The minimum Gasteiger partial charge on any atom is -0.437 e. The van der Waals surface area contributed by atoms with Gasteiger partial charge >= 0.3 is 0 Å². The third-order valence-electron chi connectivity index (χ3n) is 2.79. The lowest BCUT2D eigenvalue weighted by Gasteiger charge is -1.99. The quantitative estimate of drug-likeness (QED) is 0.711. The molecular weight excluding hydrogens is 336 g/mol. The van der Waals surface area contributed by atoms with Gasteiger partial charge in [0.2, 0.25) is 11.8 Å². The van der Waals surface area contributed by atoms with Crippen LogP contribution in [-0.4, -0.2) is 21.1 Å². The lowest BCUT2D eigenvalue weighted by molar-refractivity contribution is -0.116. The summed E-state index contributed by atoms with van der Waals surface area (Å²) in [6.45, 7) is 0.358. The number of halogens is 1. The first-order valence-electron chi connectivity index (χ1n) is 6.21. The molecule has 3 aromatic rings. The lowest BCUT2D eigenvalue weighted by atomic mass is 10.3. The number of carbonyl (C=O) groups is 1. The summed E-state index contributed by atoms with van der Waals surface area (Å²) in [4.78, 5) is 16.0. The van der Waals surface area contributed by atoms with Crippen LogP contribution in [0.2, 0.25) is 0 Å². The second-order valence-electron chi connectivity index (χ2n) is 4.27. The van der Waals surface area contributed by atoms with Crippen LogP contribution in [-0.2, 0) is 11.3 Å². The van der Waals surface area contributed by atoms with Crippen molar-refractivity contribution in [2.75, 3.05) is 0 Å². The molecule has 6 nitrogen and oxygen atoms in total. The number of nitrogens with one attached hydrogen (secondary N) is 2. The first-order valence-corrected chi connectivity index (χ1v) is 7.01. The van der Waals surface area contributed by atoms with Gasteiger partial charge in [0, 0.05) is 12.2 Å². The molecule has 0 radical (unpaired) electrons. The molecule has 0 aliphatic carbocycles. The Kier molecular flexibility index (Phi) is 3.83. The highest BCUT2D eigenvalue weighted by Crippen LogP contribution is 2.15. The number of hydrogen-bond donors (Lipinski definition) is 2. The first kappa shape index (κ1) is 13.6. The van der Waals surface area contributed by atoms with Crippen LogP contribution in [0.1, 0.15) is 11.6 Å². The Labute approximate surface area is 128 Å². The standard InChI is InChI=1S/C14H11BrN4O2/c15-9-7-17-19-11(9)8-16-13(20)5-6-14-18-10-3-1-2-4-12(10)21-14/h1-7H,8H2,(H,16,20)(H,17,19)/b6-5+. The van der Waals surface area contributed by atoms with Gasteiger partial charge in [-0.05, 0) is 28.1 Å². The van der Waals surface area contributed by atoms with Crippen molar-refractivity contribution in [3.05, 3.63) is 52.6 Å². The molecule has 0 spiro atoms. The van der Waals surface area contributed by atoms with Gasteiger partial charge in [0.25, 0.3) is 0 Å². The Morgan fingerprint density at radius 1 is 1.43 bits per heavy atom. The van der Waals surface area contributed by atoms with Gasteiger partial charge in [-0.2, -0.15) is 5.10 Å². The second kappa shape index (κ2) is 5.92. The fourth-order valence-corrected chi connectivity index (χ4v) is 2.10. The topological polar surface area (TPSA) is 83.8 Å². The van der Waals surface area contributed by atoms with E-state index >= 15 is 0 Å². The molecule has 0 unspecified atom stereocenters. The number of hydrogen-bond acceptors (Lipinski definition) is 4.